The molecule has 0 aliphatic rings. The number of hydrogen-bond donors (Lipinski definition) is 1. The Hall–Kier alpha value is -2.17. The van der Waals surface area contributed by atoms with Gasteiger partial charge in [-0.05, 0) is 32.9 Å². The molecule has 0 saturated heterocycles. The van der Waals surface area contributed by atoms with Crippen LogP contribution in [0.15, 0.2) is 18.2 Å². The van der Waals surface area contributed by atoms with Crippen LogP contribution in [-0.2, 0) is 7.05 Å². The predicted octanol–water partition coefficient (Wildman–Crippen LogP) is 1.99. The summed E-state index contributed by atoms with van der Waals surface area (Å²) < 4.78 is 1.70. The van der Waals surface area contributed by atoms with Crippen molar-refractivity contribution in [2.45, 2.75) is 20.8 Å². The van der Waals surface area contributed by atoms with Crippen LogP contribution in [0.4, 0.5) is 5.82 Å². The third-order valence-corrected chi connectivity index (χ3v) is 2.87. The molecule has 18 heavy (non-hydrogen) atoms. The van der Waals surface area contributed by atoms with Gasteiger partial charge in [0.25, 0.3) is 5.91 Å². The first-order valence-electron chi connectivity index (χ1n) is 5.74. The number of nitrogens with zero attached hydrogens (tertiary/aromatic N) is 3. The normalized spacial score (nSPS) is 10.4. The zero-order valence-electron chi connectivity index (χ0n) is 11.0. The van der Waals surface area contributed by atoms with E-state index in [0.29, 0.717) is 11.4 Å². The van der Waals surface area contributed by atoms with Gasteiger partial charge in [0.15, 0.2) is 0 Å². The Labute approximate surface area is 106 Å². The molecule has 2 rings (SSSR count). The van der Waals surface area contributed by atoms with E-state index in [4.69, 9.17) is 0 Å². The molecule has 0 aromatic carbocycles. The lowest BCUT2D eigenvalue weighted by Gasteiger charge is -2.05. The van der Waals surface area contributed by atoms with Gasteiger partial charge in [0.05, 0.1) is 11.3 Å². The summed E-state index contributed by atoms with van der Waals surface area (Å²) in [5.74, 6) is 0.388. The van der Waals surface area contributed by atoms with Crippen LogP contribution in [-0.4, -0.2) is 20.7 Å². The highest BCUT2D eigenvalue weighted by molar-refractivity contribution is 6.05. The molecule has 2 aromatic heterocycles. The SMILES string of the molecule is Cc1cccc(NC(=O)c2c(C)nn(C)c2C)n1. The Balaban J connectivity index is 2.27. The highest BCUT2D eigenvalue weighted by Crippen LogP contribution is 2.14. The van der Waals surface area contributed by atoms with Crippen LogP contribution in [0, 0.1) is 20.8 Å². The fourth-order valence-corrected chi connectivity index (χ4v) is 1.89. The molecule has 1 amide bonds. The predicted molar refractivity (Wildman–Crippen MR) is 69.6 cm³/mol. The standard InChI is InChI=1S/C13H16N4O/c1-8-6-5-7-11(14-8)15-13(18)12-9(2)16-17(4)10(12)3/h5-7H,1-4H3,(H,14,15,18). The van der Waals surface area contributed by atoms with Crippen molar-refractivity contribution in [2.75, 3.05) is 5.32 Å². The first kappa shape index (κ1) is 12.3. The number of hydrogen-bond acceptors (Lipinski definition) is 3. The minimum Gasteiger partial charge on any atom is -0.306 e. The Morgan fingerprint density at radius 1 is 1.28 bits per heavy atom. The van der Waals surface area contributed by atoms with E-state index in [0.717, 1.165) is 17.1 Å². The van der Waals surface area contributed by atoms with Crippen LogP contribution in [0.1, 0.15) is 27.4 Å². The van der Waals surface area contributed by atoms with Crippen LogP contribution in [0.25, 0.3) is 0 Å². The summed E-state index contributed by atoms with van der Waals surface area (Å²) in [7, 11) is 1.82. The molecule has 0 aliphatic heterocycles. The van der Waals surface area contributed by atoms with E-state index in [-0.39, 0.29) is 5.91 Å². The van der Waals surface area contributed by atoms with Crippen molar-refractivity contribution in [3.05, 3.63) is 40.8 Å². The van der Waals surface area contributed by atoms with E-state index < -0.39 is 0 Å². The lowest BCUT2D eigenvalue weighted by molar-refractivity contribution is 0.102. The molecule has 94 valence electrons. The van der Waals surface area contributed by atoms with Crippen molar-refractivity contribution in [3.63, 3.8) is 0 Å². The summed E-state index contributed by atoms with van der Waals surface area (Å²) in [6.07, 6.45) is 0. The van der Waals surface area contributed by atoms with Gasteiger partial charge < -0.3 is 5.32 Å². The molecule has 5 heteroatoms. The number of aromatic nitrogens is 3. The van der Waals surface area contributed by atoms with Crippen LogP contribution in [0.5, 0.6) is 0 Å². The maximum absolute atomic E-state index is 12.2. The average molecular weight is 244 g/mol. The molecule has 2 heterocycles. The average Bonchev–Trinajstić information content (AvgIpc) is 2.53. The van der Waals surface area contributed by atoms with Gasteiger partial charge >= 0.3 is 0 Å². The van der Waals surface area contributed by atoms with Crippen molar-refractivity contribution in [3.8, 4) is 0 Å². The van der Waals surface area contributed by atoms with Gasteiger partial charge in [-0.25, -0.2) is 4.98 Å². The van der Waals surface area contributed by atoms with Crippen molar-refractivity contribution in [1.82, 2.24) is 14.8 Å². The molecule has 1 N–H and O–H groups in total. The lowest BCUT2D eigenvalue weighted by Crippen LogP contribution is -2.15. The summed E-state index contributed by atoms with van der Waals surface area (Å²) in [6, 6.07) is 5.52. The summed E-state index contributed by atoms with van der Waals surface area (Å²) in [5.41, 5.74) is 3.05. The van der Waals surface area contributed by atoms with Gasteiger partial charge in [-0.1, -0.05) is 6.07 Å². The van der Waals surface area contributed by atoms with E-state index in [9.17, 15) is 4.79 Å². The molecular weight excluding hydrogens is 228 g/mol. The van der Waals surface area contributed by atoms with E-state index in [1.54, 1.807) is 10.7 Å². The minimum atomic E-state index is -0.170. The number of amides is 1. The van der Waals surface area contributed by atoms with Crippen LogP contribution < -0.4 is 5.32 Å². The fourth-order valence-electron chi connectivity index (χ4n) is 1.89. The molecule has 5 nitrogen and oxygen atoms in total. The van der Waals surface area contributed by atoms with Crippen molar-refractivity contribution >= 4 is 11.7 Å². The van der Waals surface area contributed by atoms with Gasteiger partial charge in [-0.3, -0.25) is 9.48 Å². The fraction of sp³-hybridized carbons (Fsp3) is 0.308. The molecule has 0 saturated carbocycles. The summed E-state index contributed by atoms with van der Waals surface area (Å²) in [5, 5.41) is 7.02. The number of carbonyl (C=O) groups is 1. The van der Waals surface area contributed by atoms with Crippen LogP contribution >= 0.6 is 0 Å². The summed E-state index contributed by atoms with van der Waals surface area (Å²) >= 11 is 0. The number of nitrogens with one attached hydrogen (secondary N) is 1. The van der Waals surface area contributed by atoms with E-state index in [1.165, 1.54) is 0 Å². The van der Waals surface area contributed by atoms with Gasteiger partial charge in [0, 0.05) is 18.4 Å². The molecule has 0 unspecified atom stereocenters. The number of pyridine rings is 1. The summed E-state index contributed by atoms with van der Waals surface area (Å²) in [4.78, 5) is 16.4. The van der Waals surface area contributed by atoms with Crippen LogP contribution in [0.2, 0.25) is 0 Å². The highest BCUT2D eigenvalue weighted by atomic mass is 16.1. The van der Waals surface area contributed by atoms with Crippen LogP contribution in [0.3, 0.4) is 0 Å². The number of carbonyl (C=O) groups excluding carboxylic acids is 1. The van der Waals surface area contributed by atoms with E-state index >= 15 is 0 Å². The minimum absolute atomic E-state index is 0.170. The molecule has 0 fully saturated rings. The highest BCUT2D eigenvalue weighted by Gasteiger charge is 2.17. The number of anilines is 1. The summed E-state index contributed by atoms with van der Waals surface area (Å²) in [6.45, 7) is 5.58. The Morgan fingerprint density at radius 2 is 2.00 bits per heavy atom. The Bertz CT molecular complexity index is 601. The quantitative estimate of drug-likeness (QED) is 0.878. The molecule has 0 aliphatic carbocycles. The zero-order valence-corrected chi connectivity index (χ0v) is 11.0. The second kappa shape index (κ2) is 4.60. The first-order valence-corrected chi connectivity index (χ1v) is 5.74. The van der Waals surface area contributed by atoms with Crippen molar-refractivity contribution < 1.29 is 4.79 Å². The second-order valence-corrected chi connectivity index (χ2v) is 4.29. The van der Waals surface area contributed by atoms with Crippen molar-refractivity contribution in [2.24, 2.45) is 7.05 Å². The molecule has 0 atom stereocenters. The largest absolute Gasteiger partial charge is 0.306 e. The van der Waals surface area contributed by atoms with Gasteiger partial charge in [0.2, 0.25) is 0 Å². The van der Waals surface area contributed by atoms with E-state index in [1.807, 2.05) is 40.0 Å². The second-order valence-electron chi connectivity index (χ2n) is 4.29. The molecule has 0 bridgehead atoms. The smallest absolute Gasteiger partial charge is 0.260 e. The Kier molecular flexibility index (Phi) is 3.14. The molecular formula is C13H16N4O. The number of aryl methyl sites for hydroxylation is 3. The lowest BCUT2D eigenvalue weighted by atomic mass is 10.2. The molecule has 0 spiro atoms. The molecule has 2 aromatic rings. The third-order valence-electron chi connectivity index (χ3n) is 2.87. The maximum atomic E-state index is 12.2. The Morgan fingerprint density at radius 3 is 2.56 bits per heavy atom. The third kappa shape index (κ3) is 2.25. The van der Waals surface area contributed by atoms with Gasteiger partial charge in [0.1, 0.15) is 5.82 Å². The van der Waals surface area contributed by atoms with E-state index in [2.05, 4.69) is 15.4 Å². The zero-order chi connectivity index (χ0) is 13.3. The van der Waals surface area contributed by atoms with Gasteiger partial charge in [-0.15, -0.1) is 0 Å². The first-order chi connectivity index (χ1) is 8.49. The topological polar surface area (TPSA) is 59.8 Å². The molecule has 0 radical (unpaired) electrons. The van der Waals surface area contributed by atoms with Crippen molar-refractivity contribution in [1.29, 1.82) is 0 Å². The maximum Gasteiger partial charge on any atom is 0.260 e. The number of rotatable bonds is 2. The monoisotopic (exact) mass is 244 g/mol. The van der Waals surface area contributed by atoms with Gasteiger partial charge in [-0.2, -0.15) is 5.10 Å².